The fourth-order valence-electron chi connectivity index (χ4n) is 2.11. The summed E-state index contributed by atoms with van der Waals surface area (Å²) in [6.07, 6.45) is 4.88. The Kier molecular flexibility index (Phi) is 4.70. The molecule has 126 valence electrons. The predicted octanol–water partition coefficient (Wildman–Crippen LogP) is 2.75. The zero-order chi connectivity index (χ0) is 17.6. The van der Waals surface area contributed by atoms with Gasteiger partial charge in [0.15, 0.2) is 11.5 Å². The second-order valence-electron chi connectivity index (χ2n) is 4.99. The molecule has 0 radical (unpaired) electrons. The van der Waals surface area contributed by atoms with Crippen molar-refractivity contribution in [1.29, 1.82) is 0 Å². The number of allylic oxidation sites excluding steroid dienone is 1. The SMILES string of the molecule is O=C(NN=C/C=C/c1ccc2c(c1)OCO2)c1ccc([N+](=O)[O-])cc1. The lowest BCUT2D eigenvalue weighted by molar-refractivity contribution is -0.384. The van der Waals surface area contributed by atoms with Crippen LogP contribution in [-0.4, -0.2) is 23.8 Å². The summed E-state index contributed by atoms with van der Waals surface area (Å²) in [5, 5.41) is 14.4. The van der Waals surface area contributed by atoms with Crippen molar-refractivity contribution in [3.63, 3.8) is 0 Å². The van der Waals surface area contributed by atoms with Crippen LogP contribution in [0.2, 0.25) is 0 Å². The van der Waals surface area contributed by atoms with Crippen LogP contribution in [0, 0.1) is 10.1 Å². The summed E-state index contributed by atoms with van der Waals surface area (Å²) in [6.45, 7) is 0.221. The van der Waals surface area contributed by atoms with Gasteiger partial charge in [-0.25, -0.2) is 5.43 Å². The van der Waals surface area contributed by atoms with Crippen molar-refractivity contribution in [3.05, 3.63) is 69.8 Å². The van der Waals surface area contributed by atoms with Crippen LogP contribution in [0.5, 0.6) is 11.5 Å². The highest BCUT2D eigenvalue weighted by Gasteiger charge is 2.12. The first-order chi connectivity index (χ1) is 12.1. The largest absolute Gasteiger partial charge is 0.454 e. The third kappa shape index (κ3) is 3.99. The molecule has 2 aromatic carbocycles. The highest BCUT2D eigenvalue weighted by molar-refractivity contribution is 5.94. The van der Waals surface area contributed by atoms with Gasteiger partial charge < -0.3 is 9.47 Å². The summed E-state index contributed by atoms with van der Waals surface area (Å²) in [4.78, 5) is 21.9. The lowest BCUT2D eigenvalue weighted by Gasteiger charge is -1.99. The molecule has 0 aromatic heterocycles. The third-order valence-electron chi connectivity index (χ3n) is 3.35. The second kappa shape index (κ2) is 7.26. The highest BCUT2D eigenvalue weighted by atomic mass is 16.7. The van der Waals surface area contributed by atoms with E-state index in [1.54, 1.807) is 12.2 Å². The van der Waals surface area contributed by atoms with Crippen molar-refractivity contribution in [2.24, 2.45) is 5.10 Å². The molecule has 8 nitrogen and oxygen atoms in total. The van der Waals surface area contributed by atoms with Crippen LogP contribution in [0.3, 0.4) is 0 Å². The van der Waals surface area contributed by atoms with E-state index in [4.69, 9.17) is 9.47 Å². The van der Waals surface area contributed by atoms with Gasteiger partial charge in [-0.05, 0) is 35.9 Å². The number of nitrogens with one attached hydrogen (secondary N) is 1. The molecule has 1 N–H and O–H groups in total. The van der Waals surface area contributed by atoms with E-state index in [1.165, 1.54) is 30.5 Å². The monoisotopic (exact) mass is 339 g/mol. The van der Waals surface area contributed by atoms with Gasteiger partial charge >= 0.3 is 0 Å². The van der Waals surface area contributed by atoms with E-state index in [9.17, 15) is 14.9 Å². The van der Waals surface area contributed by atoms with Gasteiger partial charge in [-0.3, -0.25) is 14.9 Å². The minimum atomic E-state index is -0.527. The van der Waals surface area contributed by atoms with E-state index in [0.717, 1.165) is 5.56 Å². The molecule has 0 saturated carbocycles. The van der Waals surface area contributed by atoms with Crippen LogP contribution in [0.1, 0.15) is 15.9 Å². The molecule has 8 heteroatoms. The summed E-state index contributed by atoms with van der Waals surface area (Å²) < 4.78 is 10.5. The summed E-state index contributed by atoms with van der Waals surface area (Å²) in [5.74, 6) is 0.939. The number of ether oxygens (including phenoxy) is 2. The molecular weight excluding hydrogens is 326 g/mol. The number of non-ortho nitro benzene ring substituents is 1. The first kappa shape index (κ1) is 16.2. The molecular formula is C17H13N3O5. The van der Waals surface area contributed by atoms with E-state index in [1.807, 2.05) is 18.2 Å². The summed E-state index contributed by atoms with van der Waals surface area (Å²) >= 11 is 0. The van der Waals surface area contributed by atoms with E-state index >= 15 is 0 Å². The van der Waals surface area contributed by atoms with Gasteiger partial charge in [0.2, 0.25) is 6.79 Å². The molecule has 1 heterocycles. The number of hydrogen-bond acceptors (Lipinski definition) is 6. The molecule has 1 aliphatic heterocycles. The quantitative estimate of drug-likeness (QED) is 0.512. The number of hydrazone groups is 1. The van der Waals surface area contributed by atoms with Crippen molar-refractivity contribution in [2.45, 2.75) is 0 Å². The molecule has 0 atom stereocenters. The Morgan fingerprint density at radius 1 is 1.16 bits per heavy atom. The average Bonchev–Trinajstić information content (AvgIpc) is 3.09. The first-order valence-corrected chi connectivity index (χ1v) is 7.28. The van der Waals surface area contributed by atoms with Crippen molar-refractivity contribution >= 4 is 23.9 Å². The Bertz CT molecular complexity index is 859. The second-order valence-corrected chi connectivity index (χ2v) is 4.99. The maximum Gasteiger partial charge on any atom is 0.271 e. The van der Waals surface area contributed by atoms with Gasteiger partial charge in [0.25, 0.3) is 11.6 Å². The molecule has 1 amide bonds. The van der Waals surface area contributed by atoms with E-state index < -0.39 is 10.8 Å². The standard InChI is InChI=1S/C17H13N3O5/c21-17(13-4-6-14(7-5-13)20(22)23)19-18-9-1-2-12-3-8-15-16(10-12)25-11-24-15/h1-10H,11H2,(H,19,21)/b2-1+,18-9?. The van der Waals surface area contributed by atoms with Gasteiger partial charge in [-0.15, -0.1) is 0 Å². The van der Waals surface area contributed by atoms with Crippen molar-refractivity contribution in [2.75, 3.05) is 6.79 Å². The number of amides is 1. The minimum absolute atomic E-state index is 0.0771. The van der Waals surface area contributed by atoms with Crippen LogP contribution in [0.25, 0.3) is 6.08 Å². The molecule has 0 unspecified atom stereocenters. The maximum atomic E-state index is 11.8. The van der Waals surface area contributed by atoms with E-state index in [-0.39, 0.29) is 18.0 Å². The number of nitro benzene ring substituents is 1. The number of hydrogen-bond donors (Lipinski definition) is 1. The molecule has 1 aliphatic rings. The number of benzene rings is 2. The van der Waals surface area contributed by atoms with Crippen molar-refractivity contribution in [3.8, 4) is 11.5 Å². The number of rotatable bonds is 5. The fourth-order valence-corrected chi connectivity index (χ4v) is 2.11. The van der Waals surface area contributed by atoms with Crippen LogP contribution < -0.4 is 14.9 Å². The minimum Gasteiger partial charge on any atom is -0.454 e. The molecule has 0 aliphatic carbocycles. The first-order valence-electron chi connectivity index (χ1n) is 7.28. The Labute approximate surface area is 142 Å². The summed E-state index contributed by atoms with van der Waals surface area (Å²) in [7, 11) is 0. The number of carbonyl (C=O) groups is 1. The van der Waals surface area contributed by atoms with E-state index in [0.29, 0.717) is 11.5 Å². The van der Waals surface area contributed by atoms with Crippen molar-refractivity contribution < 1.29 is 19.2 Å². The van der Waals surface area contributed by atoms with Gasteiger partial charge in [0.05, 0.1) is 4.92 Å². The lowest BCUT2D eigenvalue weighted by Crippen LogP contribution is -2.17. The normalized spacial score (nSPS) is 12.6. The van der Waals surface area contributed by atoms with Gasteiger partial charge in [0, 0.05) is 23.9 Å². The predicted molar refractivity (Wildman–Crippen MR) is 90.7 cm³/mol. The van der Waals surface area contributed by atoms with Crippen LogP contribution >= 0.6 is 0 Å². The Hall–Kier alpha value is -3.68. The van der Waals surface area contributed by atoms with Crippen LogP contribution in [-0.2, 0) is 0 Å². The molecule has 0 spiro atoms. The lowest BCUT2D eigenvalue weighted by atomic mass is 10.2. The molecule has 25 heavy (non-hydrogen) atoms. The summed E-state index contributed by atoms with van der Waals surface area (Å²) in [5.41, 5.74) is 3.44. The van der Waals surface area contributed by atoms with Gasteiger partial charge in [-0.2, -0.15) is 5.10 Å². The Morgan fingerprint density at radius 3 is 2.68 bits per heavy atom. The molecule has 3 rings (SSSR count). The molecule has 2 aromatic rings. The third-order valence-corrected chi connectivity index (χ3v) is 3.35. The Balaban J connectivity index is 1.54. The fraction of sp³-hybridized carbons (Fsp3) is 0.0588. The zero-order valence-electron chi connectivity index (χ0n) is 12.9. The average molecular weight is 339 g/mol. The smallest absolute Gasteiger partial charge is 0.271 e. The summed E-state index contributed by atoms with van der Waals surface area (Å²) in [6, 6.07) is 10.8. The van der Waals surface area contributed by atoms with Gasteiger partial charge in [0.1, 0.15) is 0 Å². The van der Waals surface area contributed by atoms with Crippen LogP contribution in [0.15, 0.2) is 53.6 Å². The van der Waals surface area contributed by atoms with Gasteiger partial charge in [-0.1, -0.05) is 12.1 Å². The highest BCUT2D eigenvalue weighted by Crippen LogP contribution is 2.32. The molecule has 0 saturated heterocycles. The number of fused-ring (bicyclic) bond motifs is 1. The molecule has 0 bridgehead atoms. The van der Waals surface area contributed by atoms with E-state index in [2.05, 4.69) is 10.5 Å². The topological polar surface area (TPSA) is 103 Å². The molecule has 0 fully saturated rings. The number of nitrogens with zero attached hydrogens (tertiary/aromatic N) is 2. The zero-order valence-corrected chi connectivity index (χ0v) is 12.9. The number of carbonyl (C=O) groups excluding carboxylic acids is 1. The Morgan fingerprint density at radius 2 is 1.92 bits per heavy atom. The van der Waals surface area contributed by atoms with Crippen LogP contribution in [0.4, 0.5) is 5.69 Å². The number of nitro groups is 1. The maximum absolute atomic E-state index is 11.8. The van der Waals surface area contributed by atoms with Crippen molar-refractivity contribution in [1.82, 2.24) is 5.43 Å².